The number of hydrogen-bond acceptors (Lipinski definition) is 6. The molecule has 1 saturated heterocycles. The van der Waals surface area contributed by atoms with Crippen molar-refractivity contribution in [2.24, 2.45) is 5.92 Å². The zero-order valence-corrected chi connectivity index (χ0v) is 17.0. The van der Waals surface area contributed by atoms with E-state index in [4.69, 9.17) is 14.2 Å². The number of nitrogens with zero attached hydrogens (tertiary/aromatic N) is 1. The summed E-state index contributed by atoms with van der Waals surface area (Å²) in [5, 5.41) is 6.20. The minimum atomic E-state index is 0.0283. The Morgan fingerprint density at radius 2 is 1.70 bits per heavy atom. The van der Waals surface area contributed by atoms with Crippen LogP contribution >= 0.6 is 0 Å². The van der Waals surface area contributed by atoms with Crippen LogP contribution in [-0.4, -0.2) is 65.4 Å². The molecule has 0 atom stereocenters. The van der Waals surface area contributed by atoms with Gasteiger partial charge in [0, 0.05) is 18.2 Å². The average Bonchev–Trinajstić information content (AvgIpc) is 2.70. The van der Waals surface area contributed by atoms with E-state index in [2.05, 4.69) is 15.5 Å². The number of methoxy groups -OCH3 is 3. The minimum Gasteiger partial charge on any atom is -0.496 e. The van der Waals surface area contributed by atoms with Gasteiger partial charge in [0.05, 0.1) is 27.9 Å². The van der Waals surface area contributed by atoms with E-state index in [1.54, 1.807) is 27.4 Å². The first-order valence-electron chi connectivity index (χ1n) is 9.53. The second kappa shape index (κ2) is 11.0. The molecule has 1 heterocycles. The maximum Gasteiger partial charge on any atom is 0.234 e. The number of rotatable bonds is 10. The predicted molar refractivity (Wildman–Crippen MR) is 106 cm³/mol. The summed E-state index contributed by atoms with van der Waals surface area (Å²) >= 11 is 0. The molecule has 1 aromatic carbocycles. The van der Waals surface area contributed by atoms with Crippen LogP contribution in [0.25, 0.3) is 0 Å². The molecule has 2 N–H and O–H groups in total. The molecule has 7 nitrogen and oxygen atoms in total. The molecule has 152 valence electrons. The molecule has 0 radical (unpaired) electrons. The largest absolute Gasteiger partial charge is 0.496 e. The van der Waals surface area contributed by atoms with E-state index in [1.165, 1.54) is 19.3 Å². The van der Waals surface area contributed by atoms with Gasteiger partial charge in [0.1, 0.15) is 5.75 Å². The van der Waals surface area contributed by atoms with Gasteiger partial charge >= 0.3 is 0 Å². The molecule has 0 unspecified atom stereocenters. The van der Waals surface area contributed by atoms with Gasteiger partial charge in [-0.3, -0.25) is 9.69 Å². The van der Waals surface area contributed by atoms with Gasteiger partial charge in [-0.2, -0.15) is 0 Å². The van der Waals surface area contributed by atoms with Gasteiger partial charge in [-0.25, -0.2) is 0 Å². The summed E-state index contributed by atoms with van der Waals surface area (Å²) in [4.78, 5) is 14.6. The van der Waals surface area contributed by atoms with Gasteiger partial charge in [-0.15, -0.1) is 0 Å². The lowest BCUT2D eigenvalue weighted by atomic mass is 9.93. The van der Waals surface area contributed by atoms with Crippen LogP contribution in [-0.2, 0) is 11.3 Å². The van der Waals surface area contributed by atoms with Gasteiger partial charge in [-0.1, -0.05) is 0 Å². The fourth-order valence-corrected chi connectivity index (χ4v) is 3.47. The van der Waals surface area contributed by atoms with Crippen LogP contribution in [0.2, 0.25) is 0 Å². The molecule has 1 aliphatic heterocycles. The Kier molecular flexibility index (Phi) is 8.67. The second-order valence-corrected chi connectivity index (χ2v) is 6.91. The van der Waals surface area contributed by atoms with Crippen molar-refractivity contribution in [2.45, 2.75) is 25.8 Å². The standard InChI is InChI=1S/C20H33N3O4/c1-21-8-5-15-6-9-23(10-7-15)14-20(24)22-13-16-11-18(26-3)19(27-4)12-17(16)25-2/h11-12,15,21H,5-10,13-14H2,1-4H3,(H,22,24). The number of carbonyl (C=O) groups is 1. The zero-order chi connectivity index (χ0) is 19.6. The molecule has 0 spiro atoms. The normalized spacial score (nSPS) is 15.4. The zero-order valence-electron chi connectivity index (χ0n) is 17.0. The maximum absolute atomic E-state index is 12.4. The number of likely N-dealkylation sites (tertiary alicyclic amines) is 1. The molecule has 0 aliphatic carbocycles. The lowest BCUT2D eigenvalue weighted by molar-refractivity contribution is -0.122. The Hall–Kier alpha value is -1.99. The summed E-state index contributed by atoms with van der Waals surface area (Å²) < 4.78 is 16.0. The Balaban J connectivity index is 1.83. The van der Waals surface area contributed by atoms with E-state index in [9.17, 15) is 4.79 Å². The van der Waals surface area contributed by atoms with Crippen molar-refractivity contribution >= 4 is 5.91 Å². The van der Waals surface area contributed by atoms with Crippen molar-refractivity contribution in [2.75, 3.05) is 54.6 Å². The van der Waals surface area contributed by atoms with Crippen LogP contribution in [0.4, 0.5) is 0 Å². The number of piperidine rings is 1. The molecular formula is C20H33N3O4. The molecule has 0 aromatic heterocycles. The van der Waals surface area contributed by atoms with E-state index < -0.39 is 0 Å². The fraction of sp³-hybridized carbons (Fsp3) is 0.650. The van der Waals surface area contributed by atoms with E-state index in [0.717, 1.165) is 31.1 Å². The molecule has 2 rings (SSSR count). The highest BCUT2D eigenvalue weighted by molar-refractivity contribution is 5.78. The number of amides is 1. The Morgan fingerprint density at radius 1 is 1.07 bits per heavy atom. The number of benzene rings is 1. The van der Waals surface area contributed by atoms with Crippen LogP contribution in [0.5, 0.6) is 17.2 Å². The molecule has 0 bridgehead atoms. The monoisotopic (exact) mass is 379 g/mol. The summed E-state index contributed by atoms with van der Waals surface area (Å²) in [6, 6.07) is 3.61. The smallest absolute Gasteiger partial charge is 0.234 e. The molecular weight excluding hydrogens is 346 g/mol. The summed E-state index contributed by atoms with van der Waals surface area (Å²) in [7, 11) is 6.77. The van der Waals surface area contributed by atoms with Crippen molar-refractivity contribution < 1.29 is 19.0 Å². The third-order valence-corrected chi connectivity index (χ3v) is 5.14. The highest BCUT2D eigenvalue weighted by Gasteiger charge is 2.20. The van der Waals surface area contributed by atoms with E-state index >= 15 is 0 Å². The molecule has 7 heteroatoms. The molecule has 1 fully saturated rings. The summed E-state index contributed by atoms with van der Waals surface area (Å²) in [6.07, 6.45) is 3.55. The summed E-state index contributed by atoms with van der Waals surface area (Å²) in [5.74, 6) is 2.68. The number of ether oxygens (including phenoxy) is 3. The third kappa shape index (κ3) is 6.29. The van der Waals surface area contributed by atoms with Crippen molar-refractivity contribution in [3.63, 3.8) is 0 Å². The molecule has 1 aliphatic rings. The first-order chi connectivity index (χ1) is 13.1. The minimum absolute atomic E-state index is 0.0283. The van der Waals surface area contributed by atoms with Gasteiger partial charge in [0.15, 0.2) is 11.5 Å². The lowest BCUT2D eigenvalue weighted by Crippen LogP contribution is -2.41. The van der Waals surface area contributed by atoms with Crippen molar-refractivity contribution in [3.8, 4) is 17.2 Å². The highest BCUT2D eigenvalue weighted by atomic mass is 16.5. The van der Waals surface area contributed by atoms with Gasteiger partial charge < -0.3 is 24.8 Å². The van der Waals surface area contributed by atoms with Crippen LogP contribution in [0.3, 0.4) is 0 Å². The summed E-state index contributed by atoms with van der Waals surface area (Å²) in [6.45, 7) is 3.87. The van der Waals surface area contributed by atoms with E-state index in [-0.39, 0.29) is 5.91 Å². The van der Waals surface area contributed by atoms with Crippen LogP contribution in [0.1, 0.15) is 24.8 Å². The predicted octanol–water partition coefficient (Wildman–Crippen LogP) is 1.65. The molecule has 0 saturated carbocycles. The summed E-state index contributed by atoms with van der Waals surface area (Å²) in [5.41, 5.74) is 0.856. The van der Waals surface area contributed by atoms with Crippen LogP contribution in [0.15, 0.2) is 12.1 Å². The topological polar surface area (TPSA) is 72.1 Å². The Morgan fingerprint density at radius 3 is 2.30 bits per heavy atom. The third-order valence-electron chi connectivity index (χ3n) is 5.14. The van der Waals surface area contributed by atoms with Crippen LogP contribution < -0.4 is 24.8 Å². The van der Waals surface area contributed by atoms with Crippen LogP contribution in [0, 0.1) is 5.92 Å². The maximum atomic E-state index is 12.4. The number of nitrogens with one attached hydrogen (secondary N) is 2. The first-order valence-corrected chi connectivity index (χ1v) is 9.53. The van der Waals surface area contributed by atoms with Gasteiger partial charge in [-0.05, 0) is 57.9 Å². The van der Waals surface area contributed by atoms with Crippen molar-refractivity contribution in [3.05, 3.63) is 17.7 Å². The fourth-order valence-electron chi connectivity index (χ4n) is 3.47. The number of carbonyl (C=O) groups excluding carboxylic acids is 1. The first kappa shape index (κ1) is 21.3. The van der Waals surface area contributed by atoms with Crippen molar-refractivity contribution in [1.29, 1.82) is 0 Å². The van der Waals surface area contributed by atoms with Crippen molar-refractivity contribution in [1.82, 2.24) is 15.5 Å². The quantitative estimate of drug-likeness (QED) is 0.644. The molecule has 1 amide bonds. The van der Waals surface area contributed by atoms with Gasteiger partial charge in [0.25, 0.3) is 0 Å². The highest BCUT2D eigenvalue weighted by Crippen LogP contribution is 2.34. The van der Waals surface area contributed by atoms with E-state index in [0.29, 0.717) is 30.3 Å². The lowest BCUT2D eigenvalue weighted by Gasteiger charge is -2.31. The number of hydrogen-bond donors (Lipinski definition) is 2. The Labute approximate surface area is 162 Å². The Bertz CT molecular complexity index is 601. The second-order valence-electron chi connectivity index (χ2n) is 6.91. The average molecular weight is 380 g/mol. The molecule has 1 aromatic rings. The molecule has 27 heavy (non-hydrogen) atoms. The van der Waals surface area contributed by atoms with Gasteiger partial charge in [0.2, 0.25) is 5.91 Å². The SMILES string of the molecule is CNCCC1CCN(CC(=O)NCc2cc(OC)c(OC)cc2OC)CC1. The van der Waals surface area contributed by atoms with E-state index in [1.807, 2.05) is 13.1 Å².